The second kappa shape index (κ2) is 4.87. The van der Waals surface area contributed by atoms with E-state index in [1.165, 1.54) is 0 Å². The fourth-order valence-corrected chi connectivity index (χ4v) is 2.47. The lowest BCUT2D eigenvalue weighted by atomic mass is 10.2. The van der Waals surface area contributed by atoms with Gasteiger partial charge < -0.3 is 10.5 Å². The largest absolute Gasteiger partial charge is 0.459 e. The fourth-order valence-electron chi connectivity index (χ4n) is 1.96. The average Bonchev–Trinajstić information content (AvgIpc) is 2.68. The highest BCUT2D eigenvalue weighted by atomic mass is 79.9. The van der Waals surface area contributed by atoms with Gasteiger partial charge in [-0.15, -0.1) is 0 Å². The van der Waals surface area contributed by atoms with Gasteiger partial charge in [-0.1, -0.05) is 15.9 Å². The molecule has 2 N–H and O–H groups in total. The highest BCUT2D eigenvalue weighted by molar-refractivity contribution is 9.10. The molecular weight excluding hydrogens is 270 g/mol. The van der Waals surface area contributed by atoms with Crippen molar-refractivity contribution in [1.82, 2.24) is 0 Å². The lowest BCUT2D eigenvalue weighted by Gasteiger charge is -2.11. The highest BCUT2D eigenvalue weighted by Gasteiger charge is 2.20. The Morgan fingerprint density at radius 2 is 2.00 bits per heavy atom. The zero-order chi connectivity index (χ0) is 11.5. The Bertz CT molecular complexity index is 380. The zero-order valence-electron chi connectivity index (χ0n) is 8.91. The van der Waals surface area contributed by atoms with Crippen molar-refractivity contribution in [3.63, 3.8) is 0 Å². The predicted octanol–water partition coefficient (Wildman–Crippen LogP) is 3.13. The molecule has 86 valence electrons. The first kappa shape index (κ1) is 11.5. The summed E-state index contributed by atoms with van der Waals surface area (Å²) in [6.07, 6.45) is 4.36. The van der Waals surface area contributed by atoms with Crippen molar-refractivity contribution >= 4 is 27.6 Å². The molecule has 0 aliphatic heterocycles. The maximum absolute atomic E-state index is 11.8. The van der Waals surface area contributed by atoms with Crippen molar-refractivity contribution in [2.75, 3.05) is 5.73 Å². The molecule has 0 saturated heterocycles. The Kier molecular flexibility index (Phi) is 3.49. The van der Waals surface area contributed by atoms with E-state index in [1.807, 2.05) is 0 Å². The molecule has 0 bridgehead atoms. The Balaban J connectivity index is 2.07. The summed E-state index contributed by atoms with van der Waals surface area (Å²) in [6.45, 7) is 0. The molecule has 3 nitrogen and oxygen atoms in total. The van der Waals surface area contributed by atoms with Crippen LogP contribution in [-0.2, 0) is 4.74 Å². The molecule has 0 heterocycles. The maximum atomic E-state index is 11.8. The molecule has 0 unspecified atom stereocenters. The molecule has 16 heavy (non-hydrogen) atoms. The number of nitrogen functional groups attached to an aromatic ring is 1. The van der Waals surface area contributed by atoms with Crippen LogP contribution in [0.3, 0.4) is 0 Å². The number of ether oxygens (including phenoxy) is 1. The number of halogens is 1. The molecule has 0 radical (unpaired) electrons. The van der Waals surface area contributed by atoms with E-state index in [0.29, 0.717) is 11.3 Å². The Hall–Kier alpha value is -1.03. The fraction of sp³-hybridized carbons (Fsp3) is 0.417. The smallest absolute Gasteiger partial charge is 0.338 e. The number of benzene rings is 1. The minimum atomic E-state index is -0.278. The van der Waals surface area contributed by atoms with E-state index in [1.54, 1.807) is 18.2 Å². The normalized spacial score (nSPS) is 16.3. The maximum Gasteiger partial charge on any atom is 0.338 e. The van der Waals surface area contributed by atoms with Crippen molar-refractivity contribution in [3.05, 3.63) is 28.2 Å². The number of hydrogen-bond acceptors (Lipinski definition) is 3. The molecule has 0 aromatic heterocycles. The molecule has 1 saturated carbocycles. The second-order valence-electron chi connectivity index (χ2n) is 4.09. The van der Waals surface area contributed by atoms with Crippen molar-refractivity contribution < 1.29 is 9.53 Å². The van der Waals surface area contributed by atoms with E-state index in [2.05, 4.69) is 15.9 Å². The van der Waals surface area contributed by atoms with Crippen LogP contribution in [0.1, 0.15) is 36.0 Å². The Morgan fingerprint density at radius 1 is 1.31 bits per heavy atom. The number of esters is 1. The molecule has 0 atom stereocenters. The van der Waals surface area contributed by atoms with Crippen LogP contribution in [0.4, 0.5) is 5.69 Å². The van der Waals surface area contributed by atoms with Gasteiger partial charge in [0.05, 0.1) is 5.56 Å². The van der Waals surface area contributed by atoms with E-state index in [-0.39, 0.29) is 12.1 Å². The van der Waals surface area contributed by atoms with Gasteiger partial charge in [-0.05, 0) is 43.9 Å². The van der Waals surface area contributed by atoms with Crippen molar-refractivity contribution in [1.29, 1.82) is 0 Å². The second-order valence-corrected chi connectivity index (χ2v) is 5.00. The van der Waals surface area contributed by atoms with Gasteiger partial charge >= 0.3 is 5.97 Å². The van der Waals surface area contributed by atoms with E-state index >= 15 is 0 Å². The summed E-state index contributed by atoms with van der Waals surface area (Å²) in [7, 11) is 0. The van der Waals surface area contributed by atoms with Crippen LogP contribution in [0, 0.1) is 0 Å². The zero-order valence-corrected chi connectivity index (χ0v) is 10.5. The van der Waals surface area contributed by atoms with Gasteiger partial charge in [0.1, 0.15) is 6.10 Å². The number of anilines is 1. The molecule has 4 heteroatoms. The molecule has 1 aliphatic rings. The number of nitrogens with two attached hydrogens (primary N) is 1. The van der Waals surface area contributed by atoms with Gasteiger partial charge in [0, 0.05) is 10.2 Å². The molecular formula is C12H14BrNO2. The van der Waals surface area contributed by atoms with Crippen LogP contribution in [0.15, 0.2) is 22.7 Å². The summed E-state index contributed by atoms with van der Waals surface area (Å²) in [5, 5.41) is 0. The summed E-state index contributed by atoms with van der Waals surface area (Å²) in [6, 6.07) is 5.13. The number of rotatable bonds is 2. The van der Waals surface area contributed by atoms with Crippen molar-refractivity contribution in [2.24, 2.45) is 0 Å². The van der Waals surface area contributed by atoms with E-state index in [9.17, 15) is 4.79 Å². The summed E-state index contributed by atoms with van der Waals surface area (Å²) in [5.74, 6) is -0.278. The summed E-state index contributed by atoms with van der Waals surface area (Å²) < 4.78 is 6.19. The Morgan fingerprint density at radius 3 is 2.62 bits per heavy atom. The van der Waals surface area contributed by atoms with Crippen molar-refractivity contribution in [3.8, 4) is 0 Å². The quantitative estimate of drug-likeness (QED) is 0.670. The monoisotopic (exact) mass is 283 g/mol. The van der Waals surface area contributed by atoms with E-state index in [4.69, 9.17) is 10.5 Å². The molecule has 1 fully saturated rings. The Labute approximate surface area is 103 Å². The molecule has 1 aromatic carbocycles. The molecule has 1 aromatic rings. The van der Waals surface area contributed by atoms with Gasteiger partial charge in [0.2, 0.25) is 0 Å². The SMILES string of the molecule is Nc1cc(Br)cc(C(=O)OC2CCCC2)c1. The van der Waals surface area contributed by atoms with Gasteiger partial charge in [-0.3, -0.25) is 0 Å². The van der Waals surface area contributed by atoms with Gasteiger partial charge in [0.15, 0.2) is 0 Å². The first-order valence-corrected chi connectivity index (χ1v) is 6.21. The average molecular weight is 284 g/mol. The highest BCUT2D eigenvalue weighted by Crippen LogP contribution is 2.23. The molecule has 2 rings (SSSR count). The molecule has 1 aliphatic carbocycles. The van der Waals surface area contributed by atoms with E-state index in [0.717, 1.165) is 30.2 Å². The van der Waals surface area contributed by atoms with Crippen LogP contribution < -0.4 is 5.73 Å². The molecule has 0 amide bonds. The van der Waals surface area contributed by atoms with Gasteiger partial charge in [-0.2, -0.15) is 0 Å². The van der Waals surface area contributed by atoms with Crippen LogP contribution >= 0.6 is 15.9 Å². The third-order valence-corrected chi connectivity index (χ3v) is 3.19. The predicted molar refractivity (Wildman–Crippen MR) is 66.2 cm³/mol. The first-order valence-electron chi connectivity index (χ1n) is 5.42. The number of carbonyl (C=O) groups excluding carboxylic acids is 1. The van der Waals surface area contributed by atoms with Gasteiger partial charge in [-0.25, -0.2) is 4.79 Å². The van der Waals surface area contributed by atoms with Crippen LogP contribution in [0.2, 0.25) is 0 Å². The number of carbonyl (C=O) groups is 1. The first-order chi connectivity index (χ1) is 7.65. The minimum absolute atomic E-state index is 0.0905. The third-order valence-electron chi connectivity index (χ3n) is 2.73. The summed E-state index contributed by atoms with van der Waals surface area (Å²) >= 11 is 3.31. The van der Waals surface area contributed by atoms with Gasteiger partial charge in [0.25, 0.3) is 0 Å². The standard InChI is InChI=1S/C12H14BrNO2/c13-9-5-8(6-10(14)7-9)12(15)16-11-3-1-2-4-11/h5-7,11H,1-4,14H2. The van der Waals surface area contributed by atoms with Crippen molar-refractivity contribution in [2.45, 2.75) is 31.8 Å². The summed E-state index contributed by atoms with van der Waals surface area (Å²) in [5.41, 5.74) is 6.74. The lowest BCUT2D eigenvalue weighted by Crippen LogP contribution is -2.14. The molecule has 0 spiro atoms. The minimum Gasteiger partial charge on any atom is -0.459 e. The van der Waals surface area contributed by atoms with Crippen LogP contribution in [0.5, 0.6) is 0 Å². The van der Waals surface area contributed by atoms with Crippen LogP contribution in [0.25, 0.3) is 0 Å². The van der Waals surface area contributed by atoms with E-state index < -0.39 is 0 Å². The number of hydrogen-bond donors (Lipinski definition) is 1. The lowest BCUT2D eigenvalue weighted by molar-refractivity contribution is 0.0318. The topological polar surface area (TPSA) is 52.3 Å². The third kappa shape index (κ3) is 2.76. The summed E-state index contributed by atoms with van der Waals surface area (Å²) in [4.78, 5) is 11.8. The van der Waals surface area contributed by atoms with Crippen LogP contribution in [-0.4, -0.2) is 12.1 Å².